The molecule has 1 rings (SSSR count). The number of amides is 1. The molecular weight excluding hydrogens is 231 g/mol. The fraction of sp³-hybridized carbons (Fsp3) is 0.500. The Morgan fingerprint density at radius 3 is 2.50 bits per heavy atom. The fourth-order valence-electron chi connectivity index (χ4n) is 1.40. The Morgan fingerprint density at radius 2 is 2.00 bits per heavy atom. The van der Waals surface area contributed by atoms with Gasteiger partial charge in [0.25, 0.3) is 5.91 Å². The molecule has 0 saturated carbocycles. The monoisotopic (exact) mass is 252 g/mol. The maximum absolute atomic E-state index is 13.1. The molecule has 0 aromatic heterocycles. The van der Waals surface area contributed by atoms with E-state index >= 15 is 0 Å². The van der Waals surface area contributed by atoms with Gasteiger partial charge in [0.2, 0.25) is 0 Å². The number of rotatable bonds is 3. The SMILES string of the molecule is CC(CNC(=O)c1cc(N)cc(F)c1)C(C)(C)C. The molecule has 0 aliphatic carbocycles. The number of benzene rings is 1. The summed E-state index contributed by atoms with van der Waals surface area (Å²) in [4.78, 5) is 11.8. The topological polar surface area (TPSA) is 55.1 Å². The summed E-state index contributed by atoms with van der Waals surface area (Å²) in [5.74, 6) is -0.464. The number of halogens is 1. The molecule has 0 spiro atoms. The lowest BCUT2D eigenvalue weighted by molar-refractivity contribution is 0.0936. The van der Waals surface area contributed by atoms with Gasteiger partial charge in [0, 0.05) is 17.8 Å². The van der Waals surface area contributed by atoms with Gasteiger partial charge in [-0.05, 0) is 29.5 Å². The van der Waals surface area contributed by atoms with Crippen molar-refractivity contribution in [1.82, 2.24) is 5.32 Å². The normalized spacial score (nSPS) is 13.2. The molecule has 3 N–H and O–H groups in total. The van der Waals surface area contributed by atoms with Crippen LogP contribution in [0, 0.1) is 17.2 Å². The van der Waals surface area contributed by atoms with Crippen LogP contribution in [0.2, 0.25) is 0 Å². The van der Waals surface area contributed by atoms with Gasteiger partial charge in [-0.2, -0.15) is 0 Å². The molecule has 1 amide bonds. The van der Waals surface area contributed by atoms with Crippen LogP contribution in [0.5, 0.6) is 0 Å². The number of anilines is 1. The standard InChI is InChI=1S/C14H21FN2O/c1-9(14(2,3)4)8-17-13(18)10-5-11(15)7-12(16)6-10/h5-7,9H,8,16H2,1-4H3,(H,17,18). The molecule has 100 valence electrons. The van der Waals surface area contributed by atoms with Gasteiger partial charge in [-0.1, -0.05) is 27.7 Å². The first-order valence-corrected chi connectivity index (χ1v) is 6.04. The second-order valence-electron chi connectivity index (χ2n) is 5.75. The molecule has 3 nitrogen and oxygen atoms in total. The predicted molar refractivity (Wildman–Crippen MR) is 71.8 cm³/mol. The number of hydrogen-bond acceptors (Lipinski definition) is 2. The summed E-state index contributed by atoms with van der Waals surface area (Å²) in [6, 6.07) is 3.85. The molecule has 18 heavy (non-hydrogen) atoms. The van der Waals surface area contributed by atoms with Crippen LogP contribution < -0.4 is 11.1 Å². The molecule has 4 heteroatoms. The van der Waals surface area contributed by atoms with Crippen LogP contribution in [0.3, 0.4) is 0 Å². The summed E-state index contributed by atoms with van der Waals surface area (Å²) >= 11 is 0. The third-order valence-electron chi connectivity index (χ3n) is 3.23. The number of carbonyl (C=O) groups is 1. The van der Waals surface area contributed by atoms with E-state index in [4.69, 9.17) is 5.73 Å². The molecule has 1 unspecified atom stereocenters. The minimum Gasteiger partial charge on any atom is -0.399 e. The Bertz CT molecular complexity index is 418. The molecule has 1 atom stereocenters. The molecule has 0 radical (unpaired) electrons. The van der Waals surface area contributed by atoms with Crippen LogP contribution in [0.1, 0.15) is 38.1 Å². The number of nitrogen functional groups attached to an aromatic ring is 1. The van der Waals surface area contributed by atoms with E-state index in [2.05, 4.69) is 33.0 Å². The van der Waals surface area contributed by atoms with Gasteiger partial charge in [0.05, 0.1) is 0 Å². The zero-order valence-corrected chi connectivity index (χ0v) is 11.4. The molecule has 0 aliphatic heterocycles. The average molecular weight is 252 g/mol. The van der Waals surface area contributed by atoms with E-state index in [1.807, 2.05) is 0 Å². The van der Waals surface area contributed by atoms with Crippen molar-refractivity contribution in [2.45, 2.75) is 27.7 Å². The van der Waals surface area contributed by atoms with Crippen molar-refractivity contribution < 1.29 is 9.18 Å². The lowest BCUT2D eigenvalue weighted by Crippen LogP contribution is -2.33. The van der Waals surface area contributed by atoms with Gasteiger partial charge in [0.1, 0.15) is 5.82 Å². The molecule has 1 aromatic carbocycles. The summed E-state index contributed by atoms with van der Waals surface area (Å²) in [7, 11) is 0. The number of nitrogens with two attached hydrogens (primary N) is 1. The zero-order valence-electron chi connectivity index (χ0n) is 11.4. The third-order valence-corrected chi connectivity index (χ3v) is 3.23. The predicted octanol–water partition coefficient (Wildman–Crippen LogP) is 2.82. The largest absolute Gasteiger partial charge is 0.399 e. The van der Waals surface area contributed by atoms with Crippen LogP contribution in [-0.2, 0) is 0 Å². The number of nitrogens with one attached hydrogen (secondary N) is 1. The van der Waals surface area contributed by atoms with E-state index in [1.165, 1.54) is 18.2 Å². The molecular formula is C14H21FN2O. The van der Waals surface area contributed by atoms with Crippen LogP contribution in [0.4, 0.5) is 10.1 Å². The van der Waals surface area contributed by atoms with E-state index in [1.54, 1.807) is 0 Å². The maximum atomic E-state index is 13.1. The lowest BCUT2D eigenvalue weighted by atomic mass is 9.82. The first kappa shape index (κ1) is 14.5. The van der Waals surface area contributed by atoms with Crippen molar-refractivity contribution >= 4 is 11.6 Å². The van der Waals surface area contributed by atoms with Gasteiger partial charge in [0.15, 0.2) is 0 Å². The summed E-state index contributed by atoms with van der Waals surface area (Å²) in [6.07, 6.45) is 0. The van der Waals surface area contributed by atoms with Gasteiger partial charge >= 0.3 is 0 Å². The average Bonchev–Trinajstić information content (AvgIpc) is 2.22. The highest BCUT2D eigenvalue weighted by Gasteiger charge is 2.20. The van der Waals surface area contributed by atoms with Crippen LogP contribution in [-0.4, -0.2) is 12.5 Å². The van der Waals surface area contributed by atoms with Crippen molar-refractivity contribution in [2.75, 3.05) is 12.3 Å². The molecule has 0 saturated heterocycles. The van der Waals surface area contributed by atoms with Crippen LogP contribution >= 0.6 is 0 Å². The van der Waals surface area contributed by atoms with E-state index in [9.17, 15) is 9.18 Å². The summed E-state index contributed by atoms with van der Waals surface area (Å²) < 4.78 is 13.1. The second kappa shape index (κ2) is 5.38. The summed E-state index contributed by atoms with van der Waals surface area (Å²) in [5, 5.41) is 2.80. The minimum atomic E-state index is -0.496. The second-order valence-corrected chi connectivity index (χ2v) is 5.75. The molecule has 1 aromatic rings. The van der Waals surface area contributed by atoms with Crippen molar-refractivity contribution in [3.63, 3.8) is 0 Å². The van der Waals surface area contributed by atoms with Crippen molar-refractivity contribution in [1.29, 1.82) is 0 Å². The first-order valence-electron chi connectivity index (χ1n) is 6.04. The minimum absolute atomic E-state index is 0.119. The van der Waals surface area contributed by atoms with Gasteiger partial charge in [-0.25, -0.2) is 4.39 Å². The number of hydrogen-bond donors (Lipinski definition) is 2. The van der Waals surface area contributed by atoms with Crippen LogP contribution in [0.25, 0.3) is 0 Å². The van der Waals surface area contributed by atoms with Gasteiger partial charge in [-0.3, -0.25) is 4.79 Å². The molecule has 0 bridgehead atoms. The fourth-order valence-corrected chi connectivity index (χ4v) is 1.40. The smallest absolute Gasteiger partial charge is 0.251 e. The lowest BCUT2D eigenvalue weighted by Gasteiger charge is -2.27. The van der Waals surface area contributed by atoms with Crippen molar-refractivity contribution in [2.24, 2.45) is 11.3 Å². The Labute approximate surface area is 108 Å². The van der Waals surface area contributed by atoms with Crippen molar-refractivity contribution in [3.05, 3.63) is 29.6 Å². The highest BCUT2D eigenvalue weighted by atomic mass is 19.1. The zero-order chi connectivity index (χ0) is 13.9. The maximum Gasteiger partial charge on any atom is 0.251 e. The van der Waals surface area contributed by atoms with Gasteiger partial charge < -0.3 is 11.1 Å². The first-order chi connectivity index (χ1) is 8.20. The highest BCUT2D eigenvalue weighted by molar-refractivity contribution is 5.95. The Kier molecular flexibility index (Phi) is 4.33. The Balaban J connectivity index is 2.66. The quantitative estimate of drug-likeness (QED) is 0.813. The Hall–Kier alpha value is -1.58. The molecule has 0 fully saturated rings. The number of carbonyl (C=O) groups excluding carboxylic acids is 1. The Morgan fingerprint density at radius 1 is 1.39 bits per heavy atom. The van der Waals surface area contributed by atoms with E-state index in [0.717, 1.165) is 0 Å². The highest BCUT2D eigenvalue weighted by Crippen LogP contribution is 2.24. The van der Waals surface area contributed by atoms with E-state index in [-0.39, 0.29) is 22.6 Å². The van der Waals surface area contributed by atoms with Crippen LogP contribution in [0.15, 0.2) is 18.2 Å². The van der Waals surface area contributed by atoms with Gasteiger partial charge in [-0.15, -0.1) is 0 Å². The molecule has 0 heterocycles. The van der Waals surface area contributed by atoms with E-state index in [0.29, 0.717) is 12.5 Å². The molecule has 0 aliphatic rings. The summed E-state index contributed by atoms with van der Waals surface area (Å²) in [5.41, 5.74) is 6.13. The van der Waals surface area contributed by atoms with Crippen molar-refractivity contribution in [3.8, 4) is 0 Å². The van der Waals surface area contributed by atoms with E-state index < -0.39 is 5.82 Å². The third kappa shape index (κ3) is 4.02. The summed E-state index contributed by atoms with van der Waals surface area (Å²) in [6.45, 7) is 8.97.